The van der Waals surface area contributed by atoms with Crippen molar-refractivity contribution in [1.29, 1.82) is 0 Å². The summed E-state index contributed by atoms with van der Waals surface area (Å²) in [5.41, 5.74) is 0. The molecule has 12 heavy (non-hydrogen) atoms. The van der Waals surface area contributed by atoms with E-state index in [-0.39, 0.29) is 6.61 Å². The van der Waals surface area contributed by atoms with E-state index in [0.717, 1.165) is 0 Å². The van der Waals surface area contributed by atoms with Crippen LogP contribution in [-0.4, -0.2) is 57.0 Å². The van der Waals surface area contributed by atoms with E-state index in [1.807, 2.05) is 0 Å². The minimum atomic E-state index is -1.70. The Morgan fingerprint density at radius 2 is 2.00 bits per heavy atom. The van der Waals surface area contributed by atoms with Crippen LogP contribution < -0.4 is 0 Å². The molecule has 6 heteroatoms. The molecule has 0 bridgehead atoms. The molecule has 0 aromatic heterocycles. The van der Waals surface area contributed by atoms with Crippen molar-refractivity contribution in [3.8, 4) is 0 Å². The molecule has 0 aromatic carbocycles. The zero-order valence-corrected chi connectivity index (χ0v) is 6.98. The lowest BCUT2D eigenvalue weighted by Gasteiger charge is -2.39. The van der Waals surface area contributed by atoms with Gasteiger partial charge in [-0.2, -0.15) is 0 Å². The first-order chi connectivity index (χ1) is 5.51. The van der Waals surface area contributed by atoms with Gasteiger partial charge in [0.25, 0.3) is 0 Å². The fraction of sp³-hybridized carbons (Fsp3) is 1.00. The molecule has 0 amide bonds. The molecule has 1 aliphatic heterocycles. The van der Waals surface area contributed by atoms with E-state index in [9.17, 15) is 5.11 Å². The monoisotopic (exact) mass is 198 g/mol. The molecule has 0 aliphatic carbocycles. The predicted octanol–water partition coefficient (Wildman–Crippen LogP) is -1.97. The standard InChI is InChI=1S/C6H11ClO5/c7-6(2-8)5(11)4(10)3(9)1-12-6/h3-5,8-11H,1-2H2/t3-,4+,5?,6?/m1/s1. The van der Waals surface area contributed by atoms with E-state index in [1.54, 1.807) is 0 Å². The molecule has 1 fully saturated rings. The van der Waals surface area contributed by atoms with Gasteiger partial charge in [-0.05, 0) is 0 Å². The quantitative estimate of drug-likeness (QED) is 0.367. The van der Waals surface area contributed by atoms with Gasteiger partial charge in [0, 0.05) is 0 Å². The summed E-state index contributed by atoms with van der Waals surface area (Å²) in [4.78, 5) is 0. The normalized spacial score (nSPS) is 49.2. The summed E-state index contributed by atoms with van der Waals surface area (Å²) in [5.74, 6) is 0. The van der Waals surface area contributed by atoms with E-state index >= 15 is 0 Å². The van der Waals surface area contributed by atoms with Gasteiger partial charge in [0.1, 0.15) is 18.3 Å². The fourth-order valence-corrected chi connectivity index (χ4v) is 1.20. The Hall–Kier alpha value is 0.0900. The first-order valence-electron chi connectivity index (χ1n) is 3.49. The minimum absolute atomic E-state index is 0.206. The average Bonchev–Trinajstić information content (AvgIpc) is 2.09. The Kier molecular flexibility index (Phi) is 2.92. The van der Waals surface area contributed by atoms with Crippen LogP contribution in [0.2, 0.25) is 0 Å². The fourth-order valence-electron chi connectivity index (χ4n) is 1.01. The molecule has 0 saturated carbocycles. The summed E-state index contributed by atoms with van der Waals surface area (Å²) in [6.07, 6.45) is -4.05. The number of rotatable bonds is 1. The second-order valence-corrected chi connectivity index (χ2v) is 3.40. The van der Waals surface area contributed by atoms with Crippen LogP contribution in [0.5, 0.6) is 0 Å². The zero-order chi connectivity index (χ0) is 9.35. The molecule has 72 valence electrons. The maximum absolute atomic E-state index is 9.24. The van der Waals surface area contributed by atoms with Crippen LogP contribution in [0.15, 0.2) is 0 Å². The predicted molar refractivity (Wildman–Crippen MR) is 39.6 cm³/mol. The summed E-state index contributed by atoms with van der Waals surface area (Å²) < 4.78 is 4.76. The molecule has 0 spiro atoms. The van der Waals surface area contributed by atoms with Crippen LogP contribution in [0.1, 0.15) is 0 Å². The summed E-state index contributed by atoms with van der Waals surface area (Å²) in [6, 6.07) is 0. The van der Waals surface area contributed by atoms with Crippen molar-refractivity contribution < 1.29 is 25.2 Å². The third kappa shape index (κ3) is 1.56. The van der Waals surface area contributed by atoms with E-state index in [1.165, 1.54) is 0 Å². The van der Waals surface area contributed by atoms with E-state index in [2.05, 4.69) is 0 Å². The van der Waals surface area contributed by atoms with Gasteiger partial charge < -0.3 is 25.2 Å². The van der Waals surface area contributed by atoms with Gasteiger partial charge in [0.15, 0.2) is 5.06 Å². The summed E-state index contributed by atoms with van der Waals surface area (Å²) >= 11 is 5.58. The number of aliphatic hydroxyl groups excluding tert-OH is 4. The molecule has 1 saturated heterocycles. The highest BCUT2D eigenvalue weighted by molar-refractivity contribution is 6.23. The van der Waals surface area contributed by atoms with Crippen molar-refractivity contribution in [2.75, 3.05) is 13.2 Å². The molecule has 1 heterocycles. The largest absolute Gasteiger partial charge is 0.392 e. The van der Waals surface area contributed by atoms with Gasteiger partial charge in [-0.1, -0.05) is 11.6 Å². The van der Waals surface area contributed by atoms with Crippen molar-refractivity contribution in [1.82, 2.24) is 0 Å². The van der Waals surface area contributed by atoms with Crippen LogP contribution in [0, 0.1) is 0 Å². The van der Waals surface area contributed by atoms with E-state index in [4.69, 9.17) is 31.7 Å². The molecule has 1 rings (SSSR count). The highest BCUT2D eigenvalue weighted by atomic mass is 35.5. The van der Waals surface area contributed by atoms with Crippen LogP contribution in [-0.2, 0) is 4.74 Å². The number of alkyl halides is 1. The highest BCUT2D eigenvalue weighted by Gasteiger charge is 2.47. The average molecular weight is 199 g/mol. The smallest absolute Gasteiger partial charge is 0.192 e. The summed E-state index contributed by atoms with van der Waals surface area (Å²) in [6.45, 7) is -0.832. The van der Waals surface area contributed by atoms with Gasteiger partial charge in [-0.15, -0.1) is 0 Å². The second kappa shape index (κ2) is 3.45. The number of hydrogen-bond acceptors (Lipinski definition) is 5. The molecule has 0 radical (unpaired) electrons. The van der Waals surface area contributed by atoms with Crippen molar-refractivity contribution in [3.63, 3.8) is 0 Å². The van der Waals surface area contributed by atoms with Gasteiger partial charge in [0.05, 0.1) is 13.2 Å². The molecular weight excluding hydrogens is 188 g/mol. The Morgan fingerprint density at radius 3 is 2.50 bits per heavy atom. The number of ether oxygens (including phenoxy) is 1. The third-order valence-electron chi connectivity index (χ3n) is 1.87. The summed E-state index contributed by atoms with van der Waals surface area (Å²) in [5, 5.41) is 34.4. The number of hydrogen-bond donors (Lipinski definition) is 4. The molecule has 4 N–H and O–H groups in total. The Bertz CT molecular complexity index is 166. The third-order valence-corrected chi connectivity index (χ3v) is 2.32. The lowest BCUT2D eigenvalue weighted by molar-refractivity contribution is -0.213. The molecule has 0 aromatic rings. The minimum Gasteiger partial charge on any atom is -0.392 e. The van der Waals surface area contributed by atoms with Crippen LogP contribution in [0.25, 0.3) is 0 Å². The topological polar surface area (TPSA) is 90.2 Å². The molecular formula is C6H11ClO5. The Labute approximate surface area is 74.2 Å². The maximum atomic E-state index is 9.24. The first-order valence-corrected chi connectivity index (χ1v) is 3.87. The highest BCUT2D eigenvalue weighted by Crippen LogP contribution is 2.29. The zero-order valence-electron chi connectivity index (χ0n) is 6.22. The summed E-state index contributed by atoms with van der Waals surface area (Å²) in [7, 11) is 0. The second-order valence-electron chi connectivity index (χ2n) is 2.76. The van der Waals surface area contributed by atoms with Crippen LogP contribution in [0.4, 0.5) is 0 Å². The van der Waals surface area contributed by atoms with E-state index in [0.29, 0.717) is 0 Å². The lowest BCUT2D eigenvalue weighted by atomic mass is 10.0. The van der Waals surface area contributed by atoms with Gasteiger partial charge in [-0.3, -0.25) is 0 Å². The molecule has 1 aliphatic rings. The Morgan fingerprint density at radius 1 is 1.42 bits per heavy atom. The molecule has 4 atom stereocenters. The van der Waals surface area contributed by atoms with Crippen molar-refractivity contribution in [2.24, 2.45) is 0 Å². The molecule has 2 unspecified atom stereocenters. The van der Waals surface area contributed by atoms with Gasteiger partial charge >= 0.3 is 0 Å². The van der Waals surface area contributed by atoms with Crippen LogP contribution in [0.3, 0.4) is 0 Å². The van der Waals surface area contributed by atoms with Crippen LogP contribution >= 0.6 is 11.6 Å². The lowest BCUT2D eigenvalue weighted by Crippen LogP contribution is -2.59. The number of halogens is 1. The van der Waals surface area contributed by atoms with Crippen molar-refractivity contribution in [3.05, 3.63) is 0 Å². The number of aliphatic hydroxyl groups is 4. The van der Waals surface area contributed by atoms with Gasteiger partial charge in [0.2, 0.25) is 0 Å². The first kappa shape index (κ1) is 10.2. The van der Waals surface area contributed by atoms with Gasteiger partial charge in [-0.25, -0.2) is 0 Å². The molecule has 5 nitrogen and oxygen atoms in total. The van der Waals surface area contributed by atoms with E-state index < -0.39 is 30.0 Å². The maximum Gasteiger partial charge on any atom is 0.192 e. The SMILES string of the molecule is OCC1(Cl)OC[C@@H](O)[C@H](O)C1O. The Balaban J connectivity index is 2.71. The van der Waals surface area contributed by atoms with Crippen molar-refractivity contribution in [2.45, 2.75) is 23.4 Å². The van der Waals surface area contributed by atoms with Crippen molar-refractivity contribution >= 4 is 11.6 Å².